The molecule has 0 atom stereocenters. The Kier molecular flexibility index (Phi) is 5.28. The maximum absolute atomic E-state index is 14.2. The first kappa shape index (κ1) is 19.7. The van der Waals surface area contributed by atoms with E-state index >= 15 is 0 Å². The van der Waals surface area contributed by atoms with Crippen LogP contribution in [0.1, 0.15) is 16.2 Å². The maximum Gasteiger partial charge on any atom is 0.255 e. The van der Waals surface area contributed by atoms with Gasteiger partial charge in [0.1, 0.15) is 17.3 Å². The molecule has 0 bridgehead atoms. The second-order valence-electron chi connectivity index (χ2n) is 6.39. The smallest absolute Gasteiger partial charge is 0.255 e. The second kappa shape index (κ2) is 8.03. The van der Waals surface area contributed by atoms with Crippen molar-refractivity contribution in [3.8, 4) is 22.6 Å². The number of benzene rings is 2. The summed E-state index contributed by atoms with van der Waals surface area (Å²) in [5.74, 6) is -1.55. The summed E-state index contributed by atoms with van der Waals surface area (Å²) in [6.07, 6.45) is 1.44. The van der Waals surface area contributed by atoms with E-state index in [0.717, 1.165) is 12.1 Å². The summed E-state index contributed by atoms with van der Waals surface area (Å²) in [6.45, 7) is -0.0490. The number of nitrogens with zero attached hydrogens (tertiary/aromatic N) is 4. The molecule has 0 aliphatic heterocycles. The normalized spacial score (nSPS) is 10.9. The molecule has 0 saturated carbocycles. The van der Waals surface area contributed by atoms with E-state index in [4.69, 9.17) is 16.1 Å². The van der Waals surface area contributed by atoms with Crippen molar-refractivity contribution in [1.29, 1.82) is 0 Å². The molecular formula is C20H14ClF2N5O2. The Morgan fingerprint density at radius 2 is 2.07 bits per heavy atom. The van der Waals surface area contributed by atoms with Crippen LogP contribution in [0.5, 0.6) is 0 Å². The van der Waals surface area contributed by atoms with Crippen molar-refractivity contribution in [2.45, 2.75) is 6.54 Å². The van der Waals surface area contributed by atoms with Gasteiger partial charge in [0.2, 0.25) is 11.7 Å². The summed E-state index contributed by atoms with van der Waals surface area (Å²) in [7, 11) is 1.59. The van der Waals surface area contributed by atoms with Crippen molar-refractivity contribution in [1.82, 2.24) is 25.2 Å². The predicted octanol–water partition coefficient (Wildman–Crippen LogP) is 4.00. The van der Waals surface area contributed by atoms with Gasteiger partial charge in [-0.2, -0.15) is 10.1 Å². The van der Waals surface area contributed by atoms with E-state index in [2.05, 4.69) is 20.6 Å². The average Bonchev–Trinajstić information content (AvgIpc) is 3.33. The zero-order chi connectivity index (χ0) is 21.3. The van der Waals surface area contributed by atoms with Crippen LogP contribution in [-0.4, -0.2) is 25.8 Å². The lowest BCUT2D eigenvalue weighted by Gasteiger charge is -2.04. The third kappa shape index (κ3) is 4.06. The van der Waals surface area contributed by atoms with Crippen molar-refractivity contribution in [2.24, 2.45) is 7.05 Å². The van der Waals surface area contributed by atoms with E-state index in [9.17, 15) is 13.6 Å². The van der Waals surface area contributed by atoms with Gasteiger partial charge in [0, 0.05) is 35.5 Å². The third-order valence-corrected chi connectivity index (χ3v) is 4.45. The van der Waals surface area contributed by atoms with E-state index < -0.39 is 17.5 Å². The summed E-state index contributed by atoms with van der Waals surface area (Å²) < 4.78 is 33.9. The van der Waals surface area contributed by atoms with Gasteiger partial charge >= 0.3 is 0 Å². The number of nitrogens with one attached hydrogen (secondary N) is 1. The number of carbonyl (C=O) groups is 1. The third-order valence-electron chi connectivity index (χ3n) is 4.21. The van der Waals surface area contributed by atoms with Crippen molar-refractivity contribution < 1.29 is 18.1 Å². The highest BCUT2D eigenvalue weighted by Gasteiger charge is 2.20. The Labute approximate surface area is 174 Å². The minimum Gasteiger partial charge on any atom is -0.343 e. The lowest BCUT2D eigenvalue weighted by atomic mass is 10.1. The first-order valence-corrected chi connectivity index (χ1v) is 9.14. The van der Waals surface area contributed by atoms with Gasteiger partial charge in [0.15, 0.2) is 0 Å². The van der Waals surface area contributed by atoms with E-state index in [0.29, 0.717) is 16.4 Å². The zero-order valence-electron chi connectivity index (χ0n) is 15.6. The van der Waals surface area contributed by atoms with Gasteiger partial charge in [-0.25, -0.2) is 8.78 Å². The number of hydrogen-bond donors (Lipinski definition) is 1. The molecule has 4 aromatic rings. The molecule has 0 spiro atoms. The van der Waals surface area contributed by atoms with Gasteiger partial charge in [-0.3, -0.25) is 9.48 Å². The van der Waals surface area contributed by atoms with Gasteiger partial charge in [-0.15, -0.1) is 0 Å². The number of carbonyl (C=O) groups excluding carboxylic acids is 1. The second-order valence-corrected chi connectivity index (χ2v) is 6.83. The van der Waals surface area contributed by atoms with Crippen LogP contribution in [0.3, 0.4) is 0 Å². The molecule has 2 heterocycles. The number of rotatable bonds is 5. The highest BCUT2D eigenvalue weighted by molar-refractivity contribution is 6.30. The summed E-state index contributed by atoms with van der Waals surface area (Å²) in [5, 5.41) is 11.2. The van der Waals surface area contributed by atoms with Crippen LogP contribution in [0.25, 0.3) is 22.6 Å². The summed E-state index contributed by atoms with van der Waals surface area (Å²) in [6, 6.07) is 10.0. The van der Waals surface area contributed by atoms with E-state index in [1.807, 2.05) is 0 Å². The summed E-state index contributed by atoms with van der Waals surface area (Å²) in [4.78, 5) is 16.9. The van der Waals surface area contributed by atoms with Crippen molar-refractivity contribution in [2.75, 3.05) is 0 Å². The Bertz CT molecular complexity index is 1240. The fraction of sp³-hybridized carbons (Fsp3) is 0.100. The molecule has 152 valence electrons. The van der Waals surface area contributed by atoms with E-state index in [-0.39, 0.29) is 29.3 Å². The Balaban J connectivity index is 1.52. The number of aromatic nitrogens is 4. The highest BCUT2D eigenvalue weighted by Crippen LogP contribution is 2.25. The summed E-state index contributed by atoms with van der Waals surface area (Å²) in [5.41, 5.74) is 0.906. The molecule has 2 aromatic heterocycles. The minimum absolute atomic E-state index is 0.0168. The predicted molar refractivity (Wildman–Crippen MR) is 104 cm³/mol. The van der Waals surface area contributed by atoms with Gasteiger partial charge in [-0.1, -0.05) is 28.9 Å². The molecule has 0 fully saturated rings. The van der Waals surface area contributed by atoms with E-state index in [1.54, 1.807) is 31.3 Å². The summed E-state index contributed by atoms with van der Waals surface area (Å²) >= 11 is 5.96. The number of amides is 1. The van der Waals surface area contributed by atoms with Crippen LogP contribution >= 0.6 is 11.6 Å². The zero-order valence-corrected chi connectivity index (χ0v) is 16.3. The Hall–Kier alpha value is -3.59. The number of hydrogen-bond acceptors (Lipinski definition) is 5. The Morgan fingerprint density at radius 3 is 2.83 bits per heavy atom. The average molecular weight is 430 g/mol. The van der Waals surface area contributed by atoms with E-state index in [1.165, 1.54) is 16.9 Å². The molecular weight excluding hydrogens is 416 g/mol. The molecule has 1 N–H and O–H groups in total. The standard InChI is InChI=1S/C20H14ClF2N5O2/c1-28-10-15(18(26-28)14-6-5-13(22)8-16(14)23)20(29)24-9-17-25-19(27-30-17)11-3-2-4-12(21)7-11/h2-8,10H,9H2,1H3,(H,24,29). The maximum atomic E-state index is 14.2. The molecule has 0 unspecified atom stereocenters. The SMILES string of the molecule is Cn1cc(C(=O)NCc2nc(-c3cccc(Cl)c3)no2)c(-c2ccc(F)cc2F)n1. The molecule has 0 aliphatic carbocycles. The van der Waals surface area contributed by atoms with Crippen molar-refractivity contribution >= 4 is 17.5 Å². The van der Waals surface area contributed by atoms with Crippen LogP contribution in [0, 0.1) is 11.6 Å². The monoisotopic (exact) mass is 429 g/mol. The van der Waals surface area contributed by atoms with Gasteiger partial charge < -0.3 is 9.84 Å². The lowest BCUT2D eigenvalue weighted by Crippen LogP contribution is -2.23. The van der Waals surface area contributed by atoms with Crippen LogP contribution < -0.4 is 5.32 Å². The fourth-order valence-electron chi connectivity index (χ4n) is 2.86. The quantitative estimate of drug-likeness (QED) is 0.518. The van der Waals surface area contributed by atoms with Gasteiger partial charge in [0.05, 0.1) is 12.1 Å². The molecule has 0 radical (unpaired) electrons. The topological polar surface area (TPSA) is 85.8 Å². The first-order chi connectivity index (χ1) is 14.4. The molecule has 0 saturated heterocycles. The largest absolute Gasteiger partial charge is 0.343 e. The fourth-order valence-corrected chi connectivity index (χ4v) is 3.05. The molecule has 30 heavy (non-hydrogen) atoms. The molecule has 0 aliphatic rings. The van der Waals surface area contributed by atoms with Gasteiger partial charge in [0.25, 0.3) is 5.91 Å². The van der Waals surface area contributed by atoms with Crippen LogP contribution in [0.15, 0.2) is 53.2 Å². The molecule has 4 rings (SSSR count). The Morgan fingerprint density at radius 1 is 1.23 bits per heavy atom. The number of halogens is 3. The van der Waals surface area contributed by atoms with Crippen LogP contribution in [0.2, 0.25) is 5.02 Å². The first-order valence-electron chi connectivity index (χ1n) is 8.76. The minimum atomic E-state index is -0.814. The number of aryl methyl sites for hydroxylation is 1. The molecule has 1 amide bonds. The van der Waals surface area contributed by atoms with Crippen molar-refractivity contribution in [3.05, 3.63) is 76.8 Å². The van der Waals surface area contributed by atoms with Crippen LogP contribution in [-0.2, 0) is 13.6 Å². The van der Waals surface area contributed by atoms with Crippen molar-refractivity contribution in [3.63, 3.8) is 0 Å². The molecule has 10 heteroatoms. The van der Waals surface area contributed by atoms with Crippen LogP contribution in [0.4, 0.5) is 8.78 Å². The molecule has 7 nitrogen and oxygen atoms in total. The lowest BCUT2D eigenvalue weighted by molar-refractivity contribution is 0.0947. The molecule has 2 aromatic carbocycles. The van der Waals surface area contributed by atoms with Gasteiger partial charge in [-0.05, 0) is 24.3 Å². The highest BCUT2D eigenvalue weighted by atomic mass is 35.5.